The summed E-state index contributed by atoms with van der Waals surface area (Å²) in [5.74, 6) is -0.174. The van der Waals surface area contributed by atoms with Gasteiger partial charge >= 0.3 is 0 Å². The number of likely N-dealkylation sites (N-methyl/N-ethyl adjacent to an activating group) is 2. The van der Waals surface area contributed by atoms with Gasteiger partial charge in [-0.3, -0.25) is 0 Å². The number of rotatable bonds is 8. The van der Waals surface area contributed by atoms with E-state index in [-0.39, 0.29) is 5.82 Å². The minimum atomic E-state index is -0.174. The van der Waals surface area contributed by atoms with Gasteiger partial charge in [0.05, 0.1) is 0 Å². The Balaban J connectivity index is 2.67. The van der Waals surface area contributed by atoms with Crippen LogP contribution in [0.25, 0.3) is 0 Å². The lowest BCUT2D eigenvalue weighted by atomic mass is 10.1. The van der Waals surface area contributed by atoms with Crippen LogP contribution in [0.4, 0.5) is 10.1 Å². The summed E-state index contributed by atoms with van der Waals surface area (Å²) >= 11 is 0. The molecule has 0 spiro atoms. The molecule has 2 nitrogen and oxygen atoms in total. The highest BCUT2D eigenvalue weighted by molar-refractivity contribution is 5.46. The zero-order chi connectivity index (χ0) is 13.4. The van der Waals surface area contributed by atoms with Crippen LogP contribution in [0.3, 0.4) is 0 Å². The van der Waals surface area contributed by atoms with E-state index >= 15 is 0 Å². The first kappa shape index (κ1) is 15.0. The number of hydrogen-bond donors (Lipinski definition) is 1. The first-order valence-electron chi connectivity index (χ1n) is 6.95. The lowest BCUT2D eigenvalue weighted by Gasteiger charge is -2.28. The summed E-state index contributed by atoms with van der Waals surface area (Å²) < 4.78 is 12.9. The summed E-state index contributed by atoms with van der Waals surface area (Å²) in [6.45, 7) is 9.39. The summed E-state index contributed by atoms with van der Waals surface area (Å²) in [6.07, 6.45) is 2.35. The van der Waals surface area contributed by atoms with Crippen molar-refractivity contribution >= 4 is 5.69 Å². The molecule has 1 aromatic carbocycles. The fourth-order valence-corrected chi connectivity index (χ4v) is 2.23. The number of nitrogens with one attached hydrogen (secondary N) is 1. The highest BCUT2D eigenvalue weighted by Gasteiger charge is 2.12. The first-order chi connectivity index (χ1) is 8.71. The molecule has 0 radical (unpaired) electrons. The third-order valence-electron chi connectivity index (χ3n) is 3.14. The predicted molar refractivity (Wildman–Crippen MR) is 76.7 cm³/mol. The molecule has 0 aromatic heterocycles. The maximum atomic E-state index is 12.9. The van der Waals surface area contributed by atoms with Crippen LogP contribution in [0.15, 0.2) is 24.3 Å². The largest absolute Gasteiger partial charge is 0.370 e. The molecule has 0 aliphatic carbocycles. The van der Waals surface area contributed by atoms with Crippen molar-refractivity contribution in [3.8, 4) is 0 Å². The molecule has 1 unspecified atom stereocenters. The Hall–Kier alpha value is -1.09. The summed E-state index contributed by atoms with van der Waals surface area (Å²) in [6, 6.07) is 7.27. The second-order valence-electron chi connectivity index (χ2n) is 4.56. The highest BCUT2D eigenvalue weighted by atomic mass is 19.1. The summed E-state index contributed by atoms with van der Waals surface area (Å²) in [5, 5.41) is 3.51. The molecule has 0 heterocycles. The normalized spacial score (nSPS) is 12.4. The average molecular weight is 252 g/mol. The summed E-state index contributed by atoms with van der Waals surface area (Å²) in [7, 11) is 0. The fourth-order valence-electron chi connectivity index (χ4n) is 2.23. The Morgan fingerprint density at radius 1 is 1.17 bits per heavy atom. The van der Waals surface area contributed by atoms with Crippen molar-refractivity contribution in [2.24, 2.45) is 0 Å². The van der Waals surface area contributed by atoms with E-state index < -0.39 is 0 Å². The van der Waals surface area contributed by atoms with E-state index in [1.807, 2.05) is 12.1 Å². The Bertz CT molecular complexity index is 318. The standard InChI is InChI=1S/C15H25FN2/c1-4-7-14(17-5-2)12-18(6-3)15-10-8-13(16)9-11-15/h8-11,14,17H,4-7,12H2,1-3H3. The SMILES string of the molecule is CCCC(CN(CC)c1ccc(F)cc1)NCC. The van der Waals surface area contributed by atoms with Crippen molar-refractivity contribution in [2.75, 3.05) is 24.5 Å². The Labute approximate surface area is 110 Å². The van der Waals surface area contributed by atoms with Gasteiger partial charge in [0.2, 0.25) is 0 Å². The van der Waals surface area contributed by atoms with Gasteiger partial charge in [0.1, 0.15) is 5.82 Å². The van der Waals surface area contributed by atoms with Crippen LogP contribution in [0.5, 0.6) is 0 Å². The molecule has 0 fully saturated rings. The number of anilines is 1. The molecular weight excluding hydrogens is 227 g/mol. The van der Waals surface area contributed by atoms with E-state index in [0.29, 0.717) is 6.04 Å². The summed E-state index contributed by atoms with van der Waals surface area (Å²) in [5.41, 5.74) is 1.10. The van der Waals surface area contributed by atoms with Gasteiger partial charge in [0.15, 0.2) is 0 Å². The number of nitrogens with zero attached hydrogens (tertiary/aromatic N) is 1. The second-order valence-corrected chi connectivity index (χ2v) is 4.56. The molecule has 0 amide bonds. The van der Waals surface area contributed by atoms with Crippen LogP contribution >= 0.6 is 0 Å². The van der Waals surface area contributed by atoms with Crippen molar-refractivity contribution in [3.05, 3.63) is 30.1 Å². The molecule has 102 valence electrons. The molecule has 0 saturated carbocycles. The zero-order valence-electron chi connectivity index (χ0n) is 11.7. The van der Waals surface area contributed by atoms with E-state index in [1.165, 1.54) is 25.0 Å². The van der Waals surface area contributed by atoms with E-state index in [9.17, 15) is 4.39 Å². The first-order valence-corrected chi connectivity index (χ1v) is 6.95. The monoisotopic (exact) mass is 252 g/mol. The minimum absolute atomic E-state index is 0.174. The van der Waals surface area contributed by atoms with Crippen molar-refractivity contribution < 1.29 is 4.39 Å². The Morgan fingerprint density at radius 2 is 1.83 bits per heavy atom. The maximum Gasteiger partial charge on any atom is 0.123 e. The third-order valence-corrected chi connectivity index (χ3v) is 3.14. The van der Waals surface area contributed by atoms with Crippen LogP contribution in [0, 0.1) is 5.82 Å². The molecule has 0 aliphatic heterocycles. The Kier molecular flexibility index (Phi) is 6.73. The quantitative estimate of drug-likeness (QED) is 0.762. The van der Waals surface area contributed by atoms with Gasteiger partial charge in [-0.25, -0.2) is 4.39 Å². The van der Waals surface area contributed by atoms with E-state index in [1.54, 1.807) is 0 Å². The van der Waals surface area contributed by atoms with Crippen LogP contribution in [0.2, 0.25) is 0 Å². The molecule has 0 saturated heterocycles. The van der Waals surface area contributed by atoms with Gasteiger partial charge < -0.3 is 10.2 Å². The van der Waals surface area contributed by atoms with Crippen molar-refractivity contribution in [2.45, 2.75) is 39.7 Å². The van der Waals surface area contributed by atoms with Crippen molar-refractivity contribution in [1.82, 2.24) is 5.32 Å². The molecule has 1 N–H and O–H groups in total. The molecule has 0 bridgehead atoms. The number of benzene rings is 1. The van der Waals surface area contributed by atoms with Crippen LogP contribution in [-0.2, 0) is 0 Å². The van der Waals surface area contributed by atoms with Gasteiger partial charge in [-0.15, -0.1) is 0 Å². The average Bonchev–Trinajstić information content (AvgIpc) is 2.37. The molecule has 1 atom stereocenters. The van der Waals surface area contributed by atoms with Gasteiger partial charge in [0.25, 0.3) is 0 Å². The molecule has 18 heavy (non-hydrogen) atoms. The minimum Gasteiger partial charge on any atom is -0.370 e. The predicted octanol–water partition coefficient (Wildman–Crippen LogP) is 3.43. The van der Waals surface area contributed by atoms with E-state index in [0.717, 1.165) is 25.3 Å². The lowest BCUT2D eigenvalue weighted by Crippen LogP contribution is -2.41. The van der Waals surface area contributed by atoms with Crippen LogP contribution < -0.4 is 10.2 Å². The lowest BCUT2D eigenvalue weighted by molar-refractivity contribution is 0.482. The second kappa shape index (κ2) is 8.09. The topological polar surface area (TPSA) is 15.3 Å². The van der Waals surface area contributed by atoms with Crippen LogP contribution in [-0.4, -0.2) is 25.7 Å². The molecule has 3 heteroatoms. The van der Waals surface area contributed by atoms with E-state index in [4.69, 9.17) is 0 Å². The number of halogens is 1. The molecular formula is C15H25FN2. The smallest absolute Gasteiger partial charge is 0.123 e. The van der Waals surface area contributed by atoms with E-state index in [2.05, 4.69) is 31.0 Å². The Morgan fingerprint density at radius 3 is 2.33 bits per heavy atom. The van der Waals surface area contributed by atoms with Crippen LogP contribution in [0.1, 0.15) is 33.6 Å². The van der Waals surface area contributed by atoms with Crippen molar-refractivity contribution in [1.29, 1.82) is 0 Å². The summed E-state index contributed by atoms with van der Waals surface area (Å²) in [4.78, 5) is 2.29. The fraction of sp³-hybridized carbons (Fsp3) is 0.600. The van der Waals surface area contributed by atoms with Gasteiger partial charge in [0, 0.05) is 24.8 Å². The molecule has 0 aliphatic rings. The van der Waals surface area contributed by atoms with Gasteiger partial charge in [-0.1, -0.05) is 20.3 Å². The molecule has 1 aromatic rings. The zero-order valence-corrected chi connectivity index (χ0v) is 11.7. The van der Waals surface area contributed by atoms with Crippen molar-refractivity contribution in [3.63, 3.8) is 0 Å². The number of hydrogen-bond acceptors (Lipinski definition) is 2. The van der Waals surface area contributed by atoms with Gasteiger partial charge in [-0.05, 0) is 44.2 Å². The maximum absolute atomic E-state index is 12.9. The highest BCUT2D eigenvalue weighted by Crippen LogP contribution is 2.15. The molecule has 1 rings (SSSR count). The third kappa shape index (κ3) is 4.65. The van der Waals surface area contributed by atoms with Gasteiger partial charge in [-0.2, -0.15) is 0 Å².